The van der Waals surface area contributed by atoms with Crippen molar-refractivity contribution in [1.29, 1.82) is 0 Å². The topological polar surface area (TPSA) is 18.5 Å². The average molecular weight is 333 g/mol. The number of benzene rings is 1. The second-order valence-electron chi connectivity index (χ2n) is 7.89. The van der Waals surface area contributed by atoms with Crippen molar-refractivity contribution in [2.45, 2.75) is 57.8 Å². The number of rotatable bonds is 4. The molecule has 2 aliphatic rings. The summed E-state index contributed by atoms with van der Waals surface area (Å²) in [5, 5.41) is 3.46. The minimum atomic E-state index is -0.615. The van der Waals surface area contributed by atoms with Gasteiger partial charge < -0.3 is 10.2 Å². The molecule has 0 radical (unpaired) electrons. The minimum Gasteiger partial charge on any atom is -0.371 e. The van der Waals surface area contributed by atoms with E-state index in [9.17, 15) is 4.39 Å². The van der Waals surface area contributed by atoms with E-state index in [0.717, 1.165) is 32.7 Å². The Bertz CT molecular complexity index is 546. The fourth-order valence-corrected chi connectivity index (χ4v) is 3.99. The second-order valence-corrected chi connectivity index (χ2v) is 7.89. The van der Waals surface area contributed by atoms with E-state index < -0.39 is 6.17 Å². The van der Waals surface area contributed by atoms with E-state index in [1.807, 2.05) is 0 Å². The van der Waals surface area contributed by atoms with Gasteiger partial charge in [-0.1, -0.05) is 12.1 Å². The lowest BCUT2D eigenvalue weighted by Crippen LogP contribution is -2.50. The largest absolute Gasteiger partial charge is 0.371 e. The highest BCUT2D eigenvalue weighted by molar-refractivity contribution is 5.55. The molecule has 0 unspecified atom stereocenters. The summed E-state index contributed by atoms with van der Waals surface area (Å²) in [6.45, 7) is 9.42. The van der Waals surface area contributed by atoms with Gasteiger partial charge in [0.05, 0.1) is 0 Å². The van der Waals surface area contributed by atoms with Crippen LogP contribution < -0.4 is 10.2 Å². The van der Waals surface area contributed by atoms with E-state index in [2.05, 4.69) is 54.2 Å². The number of hydrogen-bond acceptors (Lipinski definition) is 3. The average Bonchev–Trinajstić information content (AvgIpc) is 2.58. The zero-order chi connectivity index (χ0) is 17.2. The lowest BCUT2D eigenvalue weighted by Gasteiger charge is -2.42. The van der Waals surface area contributed by atoms with Crippen LogP contribution >= 0.6 is 0 Å². The summed E-state index contributed by atoms with van der Waals surface area (Å²) < 4.78 is 13.4. The molecular weight excluding hydrogens is 301 g/mol. The monoisotopic (exact) mass is 333 g/mol. The summed E-state index contributed by atoms with van der Waals surface area (Å²) >= 11 is 0. The Hall–Kier alpha value is -1.13. The van der Waals surface area contributed by atoms with Crippen molar-refractivity contribution >= 4 is 5.69 Å². The van der Waals surface area contributed by atoms with E-state index in [1.54, 1.807) is 0 Å². The molecule has 0 aromatic heterocycles. The van der Waals surface area contributed by atoms with Crippen LogP contribution in [0, 0.1) is 6.92 Å². The van der Waals surface area contributed by atoms with Gasteiger partial charge in [-0.3, -0.25) is 4.90 Å². The molecule has 0 amide bonds. The predicted molar refractivity (Wildman–Crippen MR) is 99.5 cm³/mol. The Labute approximate surface area is 146 Å². The molecule has 1 N–H and O–H groups in total. The highest BCUT2D eigenvalue weighted by Crippen LogP contribution is 2.29. The number of piperidine rings is 2. The summed E-state index contributed by atoms with van der Waals surface area (Å²) in [6, 6.07) is 6.81. The predicted octanol–water partition coefficient (Wildman–Crippen LogP) is 3.51. The normalized spacial score (nSPS) is 22.1. The lowest BCUT2D eigenvalue weighted by atomic mass is 9.88. The number of nitrogens with zero attached hydrogens (tertiary/aromatic N) is 2. The van der Waals surface area contributed by atoms with Gasteiger partial charge in [-0.15, -0.1) is 0 Å². The molecular formula is C20H32FN3. The summed E-state index contributed by atoms with van der Waals surface area (Å²) in [5.74, 6) is 0. The van der Waals surface area contributed by atoms with Gasteiger partial charge in [0.2, 0.25) is 0 Å². The van der Waals surface area contributed by atoms with Crippen molar-refractivity contribution in [3.63, 3.8) is 0 Å². The highest BCUT2D eigenvalue weighted by Gasteiger charge is 2.31. The summed E-state index contributed by atoms with van der Waals surface area (Å²) in [6.07, 6.45) is 3.11. The molecule has 0 aliphatic carbocycles. The van der Waals surface area contributed by atoms with Gasteiger partial charge in [0.15, 0.2) is 0 Å². The number of alkyl halides is 1. The molecule has 0 saturated carbocycles. The van der Waals surface area contributed by atoms with Crippen LogP contribution in [0.25, 0.3) is 0 Å². The number of hydrogen-bond donors (Lipinski definition) is 1. The molecule has 2 aliphatic heterocycles. The first-order valence-corrected chi connectivity index (χ1v) is 9.38. The molecule has 2 fully saturated rings. The molecule has 0 spiro atoms. The summed E-state index contributed by atoms with van der Waals surface area (Å²) in [7, 11) is 2.25. The van der Waals surface area contributed by atoms with Crippen LogP contribution in [0.4, 0.5) is 10.1 Å². The van der Waals surface area contributed by atoms with Crippen LogP contribution in [0.1, 0.15) is 43.7 Å². The van der Waals surface area contributed by atoms with E-state index in [1.165, 1.54) is 29.7 Å². The Morgan fingerprint density at radius 2 is 1.92 bits per heavy atom. The van der Waals surface area contributed by atoms with Crippen molar-refractivity contribution in [2.75, 3.05) is 38.1 Å². The molecule has 1 aromatic rings. The fourth-order valence-electron chi connectivity index (χ4n) is 3.99. The Kier molecular flexibility index (Phi) is 5.46. The second kappa shape index (κ2) is 7.40. The zero-order valence-corrected chi connectivity index (χ0v) is 15.4. The van der Waals surface area contributed by atoms with Crippen molar-refractivity contribution in [3.8, 4) is 0 Å². The molecule has 2 heterocycles. The third-order valence-electron chi connectivity index (χ3n) is 6.06. The third kappa shape index (κ3) is 3.92. The quantitative estimate of drug-likeness (QED) is 0.910. The fraction of sp³-hybridized carbons (Fsp3) is 0.700. The number of anilines is 1. The van der Waals surface area contributed by atoms with Gasteiger partial charge in [0, 0.05) is 30.9 Å². The third-order valence-corrected chi connectivity index (χ3v) is 6.06. The lowest BCUT2D eigenvalue weighted by molar-refractivity contribution is 0.0928. The van der Waals surface area contributed by atoms with E-state index in [0.29, 0.717) is 12.8 Å². The van der Waals surface area contributed by atoms with Crippen LogP contribution in [0.5, 0.6) is 0 Å². The number of nitrogens with one attached hydrogen (secondary N) is 1. The SMILES string of the molecule is Cc1ccc(CN(C)C2(C)CCNCC2)cc1N1CCC(F)CC1. The molecule has 1 aromatic carbocycles. The molecule has 3 nitrogen and oxygen atoms in total. The van der Waals surface area contributed by atoms with Gasteiger partial charge in [0.1, 0.15) is 6.17 Å². The van der Waals surface area contributed by atoms with Gasteiger partial charge >= 0.3 is 0 Å². The van der Waals surface area contributed by atoms with E-state index in [-0.39, 0.29) is 5.54 Å². The molecule has 24 heavy (non-hydrogen) atoms. The summed E-state index contributed by atoms with van der Waals surface area (Å²) in [4.78, 5) is 4.87. The Morgan fingerprint density at radius 1 is 1.25 bits per heavy atom. The zero-order valence-electron chi connectivity index (χ0n) is 15.4. The van der Waals surface area contributed by atoms with Crippen molar-refractivity contribution in [3.05, 3.63) is 29.3 Å². The molecule has 0 atom stereocenters. The first-order chi connectivity index (χ1) is 11.5. The number of aryl methyl sites for hydroxylation is 1. The first kappa shape index (κ1) is 17.7. The maximum absolute atomic E-state index is 13.4. The van der Waals surface area contributed by atoms with Gasteiger partial charge in [-0.05, 0) is 76.9 Å². The van der Waals surface area contributed by atoms with E-state index >= 15 is 0 Å². The van der Waals surface area contributed by atoms with Crippen molar-refractivity contribution in [2.24, 2.45) is 0 Å². The van der Waals surface area contributed by atoms with Gasteiger partial charge in [-0.2, -0.15) is 0 Å². The van der Waals surface area contributed by atoms with Crippen LogP contribution in [0.3, 0.4) is 0 Å². The highest BCUT2D eigenvalue weighted by atomic mass is 19.1. The van der Waals surface area contributed by atoms with Gasteiger partial charge in [-0.25, -0.2) is 4.39 Å². The van der Waals surface area contributed by atoms with Crippen molar-refractivity contribution in [1.82, 2.24) is 10.2 Å². The Morgan fingerprint density at radius 3 is 2.58 bits per heavy atom. The van der Waals surface area contributed by atoms with Crippen molar-refractivity contribution < 1.29 is 4.39 Å². The molecule has 2 saturated heterocycles. The number of halogens is 1. The van der Waals surface area contributed by atoms with E-state index in [4.69, 9.17) is 0 Å². The van der Waals surface area contributed by atoms with Crippen LogP contribution in [0.15, 0.2) is 18.2 Å². The molecule has 4 heteroatoms. The Balaban J connectivity index is 1.71. The molecule has 3 rings (SSSR count). The smallest absolute Gasteiger partial charge is 0.103 e. The molecule has 0 bridgehead atoms. The maximum atomic E-state index is 13.4. The summed E-state index contributed by atoms with van der Waals surface area (Å²) in [5.41, 5.74) is 4.23. The first-order valence-electron chi connectivity index (χ1n) is 9.38. The van der Waals surface area contributed by atoms with Crippen LogP contribution in [-0.4, -0.2) is 49.8 Å². The maximum Gasteiger partial charge on any atom is 0.103 e. The standard InChI is InChI=1S/C20H32FN3/c1-16-4-5-17(14-19(16)24-12-6-18(21)7-13-24)15-23(3)20(2)8-10-22-11-9-20/h4-5,14,18,22H,6-13,15H2,1-3H3. The minimum absolute atomic E-state index is 0.281. The molecule has 134 valence electrons. The van der Waals surface area contributed by atoms with Crippen LogP contribution in [0.2, 0.25) is 0 Å². The van der Waals surface area contributed by atoms with Crippen LogP contribution in [-0.2, 0) is 6.54 Å². The van der Waals surface area contributed by atoms with Gasteiger partial charge in [0.25, 0.3) is 0 Å².